The van der Waals surface area contributed by atoms with Gasteiger partial charge in [0.25, 0.3) is 0 Å². The lowest BCUT2D eigenvalue weighted by Gasteiger charge is -2.36. The van der Waals surface area contributed by atoms with E-state index in [1.165, 1.54) is 5.06 Å². The first kappa shape index (κ1) is 27.8. The minimum atomic E-state index is -0.420. The molecule has 2 bridgehead atoms. The molecule has 3 saturated heterocycles. The number of piperidine rings is 2. The van der Waals surface area contributed by atoms with Crippen LogP contribution in [-0.4, -0.2) is 62.3 Å². The second-order valence-corrected chi connectivity index (χ2v) is 12.5. The van der Waals surface area contributed by atoms with Gasteiger partial charge in [0.2, 0.25) is 5.89 Å². The van der Waals surface area contributed by atoms with E-state index >= 15 is 0 Å². The molecule has 10 nitrogen and oxygen atoms in total. The van der Waals surface area contributed by atoms with Gasteiger partial charge >= 0.3 is 12.1 Å². The van der Waals surface area contributed by atoms with E-state index in [9.17, 15) is 9.59 Å². The summed E-state index contributed by atoms with van der Waals surface area (Å²) in [4.78, 5) is 41.2. The van der Waals surface area contributed by atoms with Crippen molar-refractivity contribution in [2.24, 2.45) is 0 Å². The van der Waals surface area contributed by atoms with E-state index in [0.29, 0.717) is 44.3 Å². The Morgan fingerprint density at radius 2 is 1.64 bits per heavy atom. The van der Waals surface area contributed by atoms with Crippen LogP contribution in [0.25, 0.3) is 11.1 Å². The number of hydrogen-bond donors (Lipinski definition) is 0. The highest BCUT2D eigenvalue weighted by atomic mass is 16.7. The van der Waals surface area contributed by atoms with Crippen LogP contribution in [0.3, 0.4) is 0 Å². The van der Waals surface area contributed by atoms with Gasteiger partial charge in [0.15, 0.2) is 11.9 Å². The normalized spacial score (nSPS) is 24.1. The van der Waals surface area contributed by atoms with Crippen LogP contribution in [0.1, 0.15) is 79.1 Å². The van der Waals surface area contributed by atoms with Gasteiger partial charge in [0.1, 0.15) is 6.61 Å². The average molecular weight is 606 g/mol. The van der Waals surface area contributed by atoms with Crippen molar-refractivity contribution in [1.82, 2.24) is 25.0 Å². The van der Waals surface area contributed by atoms with Crippen LogP contribution in [0.4, 0.5) is 9.59 Å². The minimum Gasteiger partial charge on any atom is -0.436 e. The molecule has 3 aliphatic heterocycles. The summed E-state index contributed by atoms with van der Waals surface area (Å²) in [5, 5.41) is 5.85. The van der Waals surface area contributed by atoms with E-state index in [1.54, 1.807) is 4.90 Å². The third-order valence-corrected chi connectivity index (χ3v) is 9.75. The quantitative estimate of drug-likeness (QED) is 0.244. The molecule has 3 amide bonds. The van der Waals surface area contributed by atoms with Gasteiger partial charge < -0.3 is 19.1 Å². The van der Waals surface area contributed by atoms with E-state index < -0.39 is 6.10 Å². The molecule has 230 valence electrons. The Bertz CT molecular complexity index is 1680. The van der Waals surface area contributed by atoms with Gasteiger partial charge in [-0.3, -0.25) is 4.84 Å². The molecule has 2 unspecified atom stereocenters. The first-order chi connectivity index (χ1) is 22.0. The number of hydrogen-bond acceptors (Lipinski definition) is 7. The van der Waals surface area contributed by atoms with Gasteiger partial charge in [-0.05, 0) is 49.3 Å². The van der Waals surface area contributed by atoms with Crippen molar-refractivity contribution in [2.45, 2.75) is 69.4 Å². The number of aromatic nitrogens is 2. The number of rotatable bonds is 6. The maximum absolute atomic E-state index is 13.5. The summed E-state index contributed by atoms with van der Waals surface area (Å²) in [5.74, 6) is 1.12. The van der Waals surface area contributed by atoms with Crippen molar-refractivity contribution < 1.29 is 23.7 Å². The maximum Gasteiger partial charge on any atom is 0.410 e. The van der Waals surface area contributed by atoms with Crippen LogP contribution >= 0.6 is 0 Å². The van der Waals surface area contributed by atoms with Gasteiger partial charge in [0.05, 0.1) is 12.1 Å². The molecule has 4 atom stereocenters. The summed E-state index contributed by atoms with van der Waals surface area (Å²) in [6.07, 6.45) is 2.19. The molecule has 0 spiro atoms. The van der Waals surface area contributed by atoms with Crippen molar-refractivity contribution in [3.05, 3.63) is 107 Å². The second-order valence-electron chi connectivity index (χ2n) is 12.5. The predicted molar refractivity (Wildman–Crippen MR) is 164 cm³/mol. The predicted octanol–water partition coefficient (Wildman–Crippen LogP) is 6.62. The molecule has 4 aromatic rings. The SMILES string of the molecule is CC1CC(c2nc([C@@H]3CC[C@@H]4CN3C(=O)N4OCc3ccccc3)no2)CCN1C(=O)OC1c2ccccc2-c2ccccc21. The zero-order chi connectivity index (χ0) is 30.5. The molecule has 0 saturated carbocycles. The number of carbonyl (C=O) groups excluding carboxylic acids is 2. The van der Waals surface area contributed by atoms with Crippen molar-refractivity contribution in [3.8, 4) is 11.1 Å². The number of hydroxylamine groups is 2. The topological polar surface area (TPSA) is 101 Å². The summed E-state index contributed by atoms with van der Waals surface area (Å²) < 4.78 is 12.0. The summed E-state index contributed by atoms with van der Waals surface area (Å²) in [5.41, 5.74) is 5.28. The number of ether oxygens (including phenoxy) is 1. The van der Waals surface area contributed by atoms with E-state index in [4.69, 9.17) is 19.1 Å². The Hall–Kier alpha value is -4.70. The lowest BCUT2D eigenvalue weighted by molar-refractivity contribution is -0.140. The van der Waals surface area contributed by atoms with Crippen molar-refractivity contribution in [1.29, 1.82) is 0 Å². The van der Waals surface area contributed by atoms with Gasteiger partial charge in [-0.1, -0.05) is 84.0 Å². The lowest BCUT2D eigenvalue weighted by Crippen LogP contribution is -2.44. The van der Waals surface area contributed by atoms with Crippen LogP contribution in [0.15, 0.2) is 83.4 Å². The molecule has 10 heteroatoms. The van der Waals surface area contributed by atoms with Gasteiger partial charge in [-0.25, -0.2) is 9.59 Å². The summed E-state index contributed by atoms with van der Waals surface area (Å²) in [7, 11) is 0. The number of fused-ring (bicyclic) bond motifs is 5. The molecule has 3 fully saturated rings. The van der Waals surface area contributed by atoms with Gasteiger partial charge in [0, 0.05) is 36.2 Å². The van der Waals surface area contributed by atoms with Crippen LogP contribution in [-0.2, 0) is 16.2 Å². The Morgan fingerprint density at radius 1 is 0.933 bits per heavy atom. The molecule has 4 aliphatic rings. The fraction of sp³-hybridized carbons (Fsp3) is 0.371. The number of likely N-dealkylation sites (tertiary alicyclic amines) is 1. The van der Waals surface area contributed by atoms with Crippen LogP contribution in [0.2, 0.25) is 0 Å². The van der Waals surface area contributed by atoms with Crippen LogP contribution in [0, 0.1) is 0 Å². The van der Waals surface area contributed by atoms with Gasteiger partial charge in [-0.15, -0.1) is 0 Å². The number of amides is 3. The summed E-state index contributed by atoms with van der Waals surface area (Å²) >= 11 is 0. The largest absolute Gasteiger partial charge is 0.436 e. The highest BCUT2D eigenvalue weighted by Crippen LogP contribution is 2.46. The number of urea groups is 1. The first-order valence-electron chi connectivity index (χ1n) is 15.8. The zero-order valence-corrected chi connectivity index (χ0v) is 25.1. The highest BCUT2D eigenvalue weighted by molar-refractivity contribution is 5.80. The third kappa shape index (κ3) is 4.93. The molecule has 0 N–H and O–H groups in total. The standard InChI is InChI=1S/C35H35N5O5/c1-22-19-24(17-18-38(22)35(42)44-31-28-13-7-5-11-26(28)27-12-6-8-14-29(27)31)33-36-32(37-45-33)30-16-15-25-20-39(30)34(41)40(25)43-21-23-9-3-2-4-10-23/h2-14,22,24-25,30-31H,15-21H2,1H3/t22?,24?,25-,30+/m1/s1. The number of carbonyl (C=O) groups is 2. The number of nitrogens with zero attached hydrogens (tertiary/aromatic N) is 5. The molecular weight excluding hydrogens is 570 g/mol. The summed E-state index contributed by atoms with van der Waals surface area (Å²) in [6, 6.07) is 25.6. The van der Waals surface area contributed by atoms with Crippen LogP contribution < -0.4 is 0 Å². The fourth-order valence-electron chi connectivity index (χ4n) is 7.41. The molecule has 45 heavy (non-hydrogen) atoms. The average Bonchev–Trinajstić information content (AvgIpc) is 3.75. The van der Waals surface area contributed by atoms with E-state index in [-0.39, 0.29) is 36.2 Å². The number of benzene rings is 3. The molecule has 4 heterocycles. The minimum absolute atomic E-state index is 0.0139. The zero-order valence-electron chi connectivity index (χ0n) is 25.1. The third-order valence-electron chi connectivity index (χ3n) is 9.75. The van der Waals surface area contributed by atoms with Crippen LogP contribution in [0.5, 0.6) is 0 Å². The Labute approximate surface area is 261 Å². The molecular formula is C35H35N5O5. The van der Waals surface area contributed by atoms with Crippen molar-refractivity contribution in [2.75, 3.05) is 13.1 Å². The Balaban J connectivity index is 0.902. The molecule has 1 aliphatic carbocycles. The summed E-state index contributed by atoms with van der Waals surface area (Å²) in [6.45, 7) is 3.49. The van der Waals surface area contributed by atoms with E-state index in [0.717, 1.165) is 40.7 Å². The monoisotopic (exact) mass is 605 g/mol. The Morgan fingerprint density at radius 3 is 2.38 bits per heavy atom. The smallest absolute Gasteiger partial charge is 0.410 e. The molecule has 0 radical (unpaired) electrons. The van der Waals surface area contributed by atoms with Gasteiger partial charge in [-0.2, -0.15) is 10.0 Å². The fourth-order valence-corrected chi connectivity index (χ4v) is 7.41. The maximum atomic E-state index is 13.5. The lowest BCUT2D eigenvalue weighted by atomic mass is 9.91. The van der Waals surface area contributed by atoms with Crippen molar-refractivity contribution in [3.63, 3.8) is 0 Å². The first-order valence-corrected chi connectivity index (χ1v) is 15.8. The van der Waals surface area contributed by atoms with E-state index in [1.807, 2.05) is 78.6 Å². The molecule has 8 rings (SSSR count). The van der Waals surface area contributed by atoms with Crippen molar-refractivity contribution >= 4 is 12.1 Å². The van der Waals surface area contributed by atoms with E-state index in [2.05, 4.69) is 17.3 Å². The highest BCUT2D eigenvalue weighted by Gasteiger charge is 2.48. The Kier molecular flexibility index (Phi) is 7.01. The molecule has 1 aromatic heterocycles. The molecule has 3 aromatic carbocycles. The second kappa shape index (κ2) is 11.3.